The molecule has 23 heavy (non-hydrogen) atoms. The van der Waals surface area contributed by atoms with Gasteiger partial charge in [-0.25, -0.2) is 0 Å². The number of hydrogen-bond acceptors (Lipinski definition) is 4. The molecule has 1 N–H and O–H groups in total. The Labute approximate surface area is 142 Å². The van der Waals surface area contributed by atoms with Gasteiger partial charge in [-0.3, -0.25) is 9.48 Å². The predicted octanol–water partition coefficient (Wildman–Crippen LogP) is 4.06. The van der Waals surface area contributed by atoms with E-state index in [1.54, 1.807) is 37.0 Å². The first-order chi connectivity index (χ1) is 11.1. The normalized spacial score (nSPS) is 10.6. The summed E-state index contributed by atoms with van der Waals surface area (Å²) >= 11 is 7.41. The van der Waals surface area contributed by atoms with Gasteiger partial charge in [0.15, 0.2) is 5.69 Å². The first kappa shape index (κ1) is 15.6. The highest BCUT2D eigenvalue weighted by Crippen LogP contribution is 2.31. The van der Waals surface area contributed by atoms with Crippen LogP contribution < -0.4 is 10.1 Å². The molecule has 0 saturated carbocycles. The summed E-state index contributed by atoms with van der Waals surface area (Å²) < 4.78 is 7.59. The highest BCUT2D eigenvalue weighted by Gasteiger charge is 2.16. The van der Waals surface area contributed by atoms with Crippen LogP contribution in [0.15, 0.2) is 42.5 Å². The van der Waals surface area contributed by atoms with E-state index in [1.807, 2.05) is 24.3 Å². The quantitative estimate of drug-likeness (QED) is 0.774. The van der Waals surface area contributed by atoms with Gasteiger partial charge in [0.25, 0.3) is 5.91 Å². The smallest absolute Gasteiger partial charge is 0.276 e. The number of aryl methyl sites for hydroxylation is 1. The SMILES string of the molecule is COc1ccccc1NC(=O)c1cc(-c2ccc(Cl)s2)n(C)n1. The highest BCUT2D eigenvalue weighted by atomic mass is 35.5. The van der Waals surface area contributed by atoms with Gasteiger partial charge in [0, 0.05) is 7.05 Å². The van der Waals surface area contributed by atoms with Crippen LogP contribution in [0.2, 0.25) is 4.34 Å². The van der Waals surface area contributed by atoms with Crippen molar-refractivity contribution in [2.75, 3.05) is 12.4 Å². The van der Waals surface area contributed by atoms with Crippen molar-refractivity contribution in [2.45, 2.75) is 0 Å². The number of para-hydroxylation sites is 2. The molecule has 0 aliphatic rings. The third-order valence-corrected chi connectivity index (χ3v) is 4.55. The number of carbonyl (C=O) groups excluding carboxylic acids is 1. The molecule has 2 aromatic heterocycles. The Morgan fingerprint density at radius 3 is 2.78 bits per heavy atom. The highest BCUT2D eigenvalue weighted by molar-refractivity contribution is 7.19. The van der Waals surface area contributed by atoms with Crippen molar-refractivity contribution >= 4 is 34.5 Å². The lowest BCUT2D eigenvalue weighted by atomic mass is 10.2. The number of anilines is 1. The minimum absolute atomic E-state index is 0.293. The lowest BCUT2D eigenvalue weighted by molar-refractivity contribution is 0.102. The monoisotopic (exact) mass is 347 g/mol. The maximum atomic E-state index is 12.4. The van der Waals surface area contributed by atoms with Crippen LogP contribution in [0.25, 0.3) is 10.6 Å². The van der Waals surface area contributed by atoms with Gasteiger partial charge < -0.3 is 10.1 Å². The number of rotatable bonds is 4. The topological polar surface area (TPSA) is 56.1 Å². The van der Waals surface area contributed by atoms with E-state index in [0.717, 1.165) is 10.6 Å². The Balaban J connectivity index is 1.86. The molecule has 0 aliphatic heterocycles. The molecule has 0 radical (unpaired) electrons. The van der Waals surface area contributed by atoms with Crippen LogP contribution in [0.3, 0.4) is 0 Å². The van der Waals surface area contributed by atoms with E-state index < -0.39 is 0 Å². The molecule has 3 rings (SSSR count). The molecule has 7 heteroatoms. The average Bonchev–Trinajstić information content (AvgIpc) is 3.13. The zero-order chi connectivity index (χ0) is 16.4. The molecule has 3 aromatic rings. The standard InChI is InChI=1S/C16H14ClN3O2S/c1-20-12(14-7-8-15(17)23-14)9-11(19-20)16(21)18-10-5-3-4-6-13(10)22-2/h3-9H,1-2H3,(H,18,21). The summed E-state index contributed by atoms with van der Waals surface area (Å²) in [6.07, 6.45) is 0. The van der Waals surface area contributed by atoms with Crippen molar-refractivity contribution in [3.05, 3.63) is 52.5 Å². The molecular weight excluding hydrogens is 334 g/mol. The lowest BCUT2D eigenvalue weighted by Crippen LogP contribution is -2.13. The second-order valence-electron chi connectivity index (χ2n) is 4.80. The van der Waals surface area contributed by atoms with Gasteiger partial charge in [-0.2, -0.15) is 5.10 Å². The van der Waals surface area contributed by atoms with Crippen LogP contribution in [0, 0.1) is 0 Å². The molecule has 0 fully saturated rings. The van der Waals surface area contributed by atoms with Gasteiger partial charge in [-0.15, -0.1) is 11.3 Å². The fraction of sp³-hybridized carbons (Fsp3) is 0.125. The second kappa shape index (κ2) is 6.44. The van der Waals surface area contributed by atoms with Crippen LogP contribution in [0.5, 0.6) is 5.75 Å². The van der Waals surface area contributed by atoms with Crippen molar-refractivity contribution in [1.29, 1.82) is 0 Å². The second-order valence-corrected chi connectivity index (χ2v) is 6.51. The molecule has 118 valence electrons. The molecule has 0 atom stereocenters. The van der Waals surface area contributed by atoms with Crippen LogP contribution in [-0.4, -0.2) is 22.8 Å². The van der Waals surface area contributed by atoms with Crippen LogP contribution in [0.1, 0.15) is 10.5 Å². The Morgan fingerprint density at radius 1 is 1.30 bits per heavy atom. The molecule has 0 aliphatic carbocycles. The van der Waals surface area contributed by atoms with E-state index in [4.69, 9.17) is 16.3 Å². The van der Waals surface area contributed by atoms with Gasteiger partial charge in [-0.05, 0) is 30.3 Å². The number of nitrogens with zero attached hydrogens (tertiary/aromatic N) is 2. The van der Waals surface area contributed by atoms with Crippen molar-refractivity contribution in [3.63, 3.8) is 0 Å². The first-order valence-electron chi connectivity index (χ1n) is 6.82. The fourth-order valence-corrected chi connectivity index (χ4v) is 3.29. The molecule has 0 unspecified atom stereocenters. The Hall–Kier alpha value is -2.31. The van der Waals surface area contributed by atoms with Gasteiger partial charge in [0.05, 0.1) is 27.7 Å². The van der Waals surface area contributed by atoms with Gasteiger partial charge in [0.2, 0.25) is 0 Å². The maximum Gasteiger partial charge on any atom is 0.276 e. The van der Waals surface area contributed by atoms with Crippen LogP contribution in [-0.2, 0) is 7.05 Å². The number of carbonyl (C=O) groups is 1. The molecule has 0 spiro atoms. The number of halogens is 1. The van der Waals surface area contributed by atoms with Crippen molar-refractivity contribution < 1.29 is 9.53 Å². The predicted molar refractivity (Wildman–Crippen MR) is 92.5 cm³/mol. The van der Waals surface area contributed by atoms with Crippen molar-refractivity contribution in [2.24, 2.45) is 7.05 Å². The molecule has 0 bridgehead atoms. The summed E-state index contributed by atoms with van der Waals surface area (Å²) in [6, 6.07) is 12.7. The Kier molecular flexibility index (Phi) is 4.36. The minimum atomic E-state index is -0.293. The number of ether oxygens (including phenoxy) is 1. The summed E-state index contributed by atoms with van der Waals surface area (Å²) in [5.41, 5.74) is 1.77. The molecule has 1 amide bonds. The minimum Gasteiger partial charge on any atom is -0.495 e. The Morgan fingerprint density at radius 2 is 2.09 bits per heavy atom. The summed E-state index contributed by atoms with van der Waals surface area (Å²) in [6.45, 7) is 0. The van der Waals surface area contributed by atoms with Gasteiger partial charge in [0.1, 0.15) is 5.75 Å². The number of hydrogen-bond donors (Lipinski definition) is 1. The zero-order valence-electron chi connectivity index (χ0n) is 12.5. The molecule has 1 aromatic carbocycles. The average molecular weight is 348 g/mol. The fourth-order valence-electron chi connectivity index (χ4n) is 2.20. The number of thiophene rings is 1. The summed E-state index contributed by atoms with van der Waals surface area (Å²) in [4.78, 5) is 13.4. The van der Waals surface area contributed by atoms with E-state index in [0.29, 0.717) is 21.5 Å². The third-order valence-electron chi connectivity index (χ3n) is 3.29. The van der Waals surface area contributed by atoms with Crippen LogP contribution in [0.4, 0.5) is 5.69 Å². The van der Waals surface area contributed by atoms with E-state index in [9.17, 15) is 4.79 Å². The number of nitrogens with one attached hydrogen (secondary N) is 1. The van der Waals surface area contributed by atoms with Crippen molar-refractivity contribution in [1.82, 2.24) is 9.78 Å². The number of benzene rings is 1. The van der Waals surface area contributed by atoms with E-state index in [2.05, 4.69) is 10.4 Å². The van der Waals surface area contributed by atoms with Gasteiger partial charge in [-0.1, -0.05) is 23.7 Å². The maximum absolute atomic E-state index is 12.4. The first-order valence-corrected chi connectivity index (χ1v) is 8.02. The Bertz CT molecular complexity index is 857. The number of aromatic nitrogens is 2. The zero-order valence-corrected chi connectivity index (χ0v) is 14.1. The summed E-state index contributed by atoms with van der Waals surface area (Å²) in [7, 11) is 3.35. The van der Waals surface area contributed by atoms with E-state index in [1.165, 1.54) is 11.3 Å². The molecular formula is C16H14ClN3O2S. The van der Waals surface area contributed by atoms with E-state index >= 15 is 0 Å². The molecule has 2 heterocycles. The summed E-state index contributed by atoms with van der Waals surface area (Å²) in [5, 5.41) is 7.09. The van der Waals surface area contributed by atoms with Crippen LogP contribution >= 0.6 is 22.9 Å². The van der Waals surface area contributed by atoms with Crippen molar-refractivity contribution in [3.8, 4) is 16.3 Å². The largest absolute Gasteiger partial charge is 0.495 e. The lowest BCUT2D eigenvalue weighted by Gasteiger charge is -2.08. The molecule has 5 nitrogen and oxygen atoms in total. The summed E-state index contributed by atoms with van der Waals surface area (Å²) in [5.74, 6) is 0.307. The number of methoxy groups -OCH3 is 1. The van der Waals surface area contributed by atoms with E-state index in [-0.39, 0.29) is 5.91 Å². The number of amides is 1. The molecule has 0 saturated heterocycles. The van der Waals surface area contributed by atoms with Gasteiger partial charge >= 0.3 is 0 Å². The third kappa shape index (κ3) is 3.23.